The van der Waals surface area contributed by atoms with Gasteiger partial charge in [0.2, 0.25) is 0 Å². The van der Waals surface area contributed by atoms with E-state index in [1.165, 1.54) is 19.2 Å². The molecule has 0 radical (unpaired) electrons. The van der Waals surface area contributed by atoms with Crippen LogP contribution in [0.2, 0.25) is 0 Å². The second-order valence-electron chi connectivity index (χ2n) is 4.79. The molecule has 0 bridgehead atoms. The summed E-state index contributed by atoms with van der Waals surface area (Å²) in [5.41, 5.74) is 0.436. The topological polar surface area (TPSA) is 90.0 Å². The fraction of sp³-hybridized carbons (Fsp3) is 0.333. The second kappa shape index (κ2) is 6.91. The number of benzene rings is 1. The van der Waals surface area contributed by atoms with Crippen molar-refractivity contribution in [2.45, 2.75) is 17.3 Å². The van der Waals surface area contributed by atoms with Crippen LogP contribution in [-0.4, -0.2) is 53.7 Å². The molecule has 8 heteroatoms. The van der Waals surface area contributed by atoms with Crippen LogP contribution in [0.5, 0.6) is 0 Å². The van der Waals surface area contributed by atoms with E-state index in [2.05, 4.69) is 25.4 Å². The number of methoxy groups -OCH3 is 2. The van der Waals surface area contributed by atoms with Crippen molar-refractivity contribution in [3.8, 4) is 0 Å². The van der Waals surface area contributed by atoms with Crippen LogP contribution in [0.1, 0.15) is 27.1 Å². The van der Waals surface area contributed by atoms with Crippen LogP contribution in [0, 0.1) is 0 Å². The molecule has 0 fully saturated rings. The van der Waals surface area contributed by atoms with E-state index < -0.39 is 34.6 Å². The highest BCUT2D eigenvalue weighted by Gasteiger charge is 2.44. The number of carbonyl (C=O) groups is 4. The van der Waals surface area contributed by atoms with Crippen LogP contribution >= 0.6 is 15.9 Å². The van der Waals surface area contributed by atoms with Gasteiger partial charge in [-0.3, -0.25) is 19.3 Å². The van der Waals surface area contributed by atoms with Gasteiger partial charge in [0.05, 0.1) is 25.3 Å². The summed E-state index contributed by atoms with van der Waals surface area (Å²) in [6.07, 6.45) is -0.148. The maximum atomic E-state index is 12.5. The van der Waals surface area contributed by atoms with Gasteiger partial charge >= 0.3 is 11.9 Å². The highest BCUT2D eigenvalue weighted by atomic mass is 79.9. The predicted molar refractivity (Wildman–Crippen MR) is 82.1 cm³/mol. The SMILES string of the molecule is COC(=O)C(Br)C[C@@H](C(=O)OC)N1C(=O)c2ccccc2C1=O. The summed E-state index contributed by atoms with van der Waals surface area (Å²) < 4.78 is 9.25. The Hall–Kier alpha value is -2.22. The average Bonchev–Trinajstić information content (AvgIpc) is 2.82. The Morgan fingerprint density at radius 3 is 1.96 bits per heavy atom. The van der Waals surface area contributed by atoms with Gasteiger partial charge in [0, 0.05) is 6.42 Å². The van der Waals surface area contributed by atoms with E-state index in [9.17, 15) is 19.2 Å². The van der Waals surface area contributed by atoms with Crippen LogP contribution in [0.4, 0.5) is 0 Å². The van der Waals surface area contributed by atoms with Crippen molar-refractivity contribution in [3.05, 3.63) is 35.4 Å². The molecule has 1 aliphatic rings. The number of alkyl halides is 1. The summed E-state index contributed by atoms with van der Waals surface area (Å²) in [7, 11) is 2.35. The van der Waals surface area contributed by atoms with Crippen molar-refractivity contribution in [1.29, 1.82) is 0 Å². The fourth-order valence-corrected chi connectivity index (χ4v) is 2.90. The van der Waals surface area contributed by atoms with Crippen molar-refractivity contribution >= 4 is 39.7 Å². The molecule has 0 aliphatic carbocycles. The van der Waals surface area contributed by atoms with E-state index in [1.807, 2.05) is 0 Å². The number of nitrogens with zero attached hydrogens (tertiary/aromatic N) is 1. The highest BCUT2D eigenvalue weighted by molar-refractivity contribution is 9.10. The lowest BCUT2D eigenvalue weighted by Gasteiger charge is -2.25. The molecule has 23 heavy (non-hydrogen) atoms. The number of ether oxygens (including phenoxy) is 2. The second-order valence-corrected chi connectivity index (χ2v) is 5.90. The molecule has 2 rings (SSSR count). The fourth-order valence-electron chi connectivity index (χ4n) is 2.35. The van der Waals surface area contributed by atoms with Gasteiger partial charge in [0.25, 0.3) is 11.8 Å². The van der Waals surface area contributed by atoms with Gasteiger partial charge in [-0.25, -0.2) is 4.79 Å². The number of fused-ring (bicyclic) bond motifs is 1. The van der Waals surface area contributed by atoms with Crippen molar-refractivity contribution in [1.82, 2.24) is 4.90 Å². The van der Waals surface area contributed by atoms with Crippen LogP contribution in [0.15, 0.2) is 24.3 Å². The quantitative estimate of drug-likeness (QED) is 0.430. The molecule has 0 aromatic heterocycles. The van der Waals surface area contributed by atoms with Gasteiger partial charge in [-0.15, -0.1) is 0 Å². The Morgan fingerprint density at radius 2 is 1.52 bits per heavy atom. The molecule has 1 aliphatic heterocycles. The molecule has 0 spiro atoms. The summed E-state index contributed by atoms with van der Waals surface area (Å²) in [6, 6.07) is 5.05. The van der Waals surface area contributed by atoms with E-state index in [-0.39, 0.29) is 17.5 Å². The van der Waals surface area contributed by atoms with E-state index in [4.69, 9.17) is 0 Å². The van der Waals surface area contributed by atoms with Crippen molar-refractivity contribution in [2.75, 3.05) is 14.2 Å². The van der Waals surface area contributed by atoms with Gasteiger partial charge in [-0.2, -0.15) is 0 Å². The lowest BCUT2D eigenvalue weighted by Crippen LogP contribution is -2.47. The summed E-state index contributed by atoms with van der Waals surface area (Å²) in [4.78, 5) is 48.5. The molecule has 2 amide bonds. The van der Waals surface area contributed by atoms with Gasteiger partial charge < -0.3 is 9.47 Å². The molecule has 1 unspecified atom stereocenters. The Bertz CT molecular complexity index is 639. The number of halogens is 1. The Kier molecular flexibility index (Phi) is 5.15. The zero-order valence-electron chi connectivity index (χ0n) is 12.4. The van der Waals surface area contributed by atoms with E-state index >= 15 is 0 Å². The summed E-state index contributed by atoms with van der Waals surface area (Å²) in [5.74, 6) is -2.58. The minimum atomic E-state index is -1.23. The molecule has 1 aromatic rings. The average molecular weight is 384 g/mol. The smallest absolute Gasteiger partial charge is 0.329 e. The molecule has 122 valence electrons. The number of hydrogen-bond donors (Lipinski definition) is 0. The van der Waals surface area contributed by atoms with E-state index in [0.29, 0.717) is 0 Å². The van der Waals surface area contributed by atoms with Crippen molar-refractivity contribution in [2.24, 2.45) is 0 Å². The molecule has 1 aromatic carbocycles. The molecular formula is C15H14BrNO6. The number of rotatable bonds is 5. The standard InChI is InChI=1S/C15H14BrNO6/c1-22-14(20)10(16)7-11(15(21)23-2)17-12(18)8-5-3-4-6-9(8)13(17)19/h3-6,10-11H,7H2,1-2H3/t10?,11-/m0/s1. The Morgan fingerprint density at radius 1 is 1.04 bits per heavy atom. The minimum Gasteiger partial charge on any atom is -0.468 e. The number of amides is 2. The van der Waals surface area contributed by atoms with Crippen LogP contribution in [0.3, 0.4) is 0 Å². The maximum absolute atomic E-state index is 12.5. The minimum absolute atomic E-state index is 0.148. The number of imide groups is 1. The molecule has 0 saturated heterocycles. The van der Waals surface area contributed by atoms with E-state index in [1.54, 1.807) is 12.1 Å². The third-order valence-corrected chi connectivity index (χ3v) is 4.25. The van der Waals surface area contributed by atoms with Gasteiger partial charge in [-0.1, -0.05) is 28.1 Å². The highest BCUT2D eigenvalue weighted by Crippen LogP contribution is 2.27. The zero-order chi connectivity index (χ0) is 17.1. The van der Waals surface area contributed by atoms with Gasteiger partial charge in [-0.05, 0) is 12.1 Å². The zero-order valence-corrected chi connectivity index (χ0v) is 14.0. The van der Waals surface area contributed by atoms with Crippen molar-refractivity contribution < 1.29 is 28.7 Å². The number of hydrogen-bond acceptors (Lipinski definition) is 6. The third kappa shape index (κ3) is 3.12. The monoisotopic (exact) mass is 383 g/mol. The van der Waals surface area contributed by atoms with Crippen LogP contribution in [-0.2, 0) is 19.1 Å². The number of carbonyl (C=O) groups excluding carboxylic acids is 4. The first-order valence-electron chi connectivity index (χ1n) is 6.69. The summed E-state index contributed by atoms with van der Waals surface area (Å²) in [5, 5.41) is 0. The predicted octanol–water partition coefficient (Wildman–Crippen LogP) is 1.15. The number of esters is 2. The Labute approximate surface area is 140 Å². The van der Waals surface area contributed by atoms with Gasteiger partial charge in [0.1, 0.15) is 10.9 Å². The lowest BCUT2D eigenvalue weighted by atomic mass is 10.1. The normalized spacial score (nSPS) is 15.9. The largest absolute Gasteiger partial charge is 0.468 e. The van der Waals surface area contributed by atoms with Gasteiger partial charge in [0.15, 0.2) is 0 Å². The lowest BCUT2D eigenvalue weighted by molar-refractivity contribution is -0.146. The molecular weight excluding hydrogens is 370 g/mol. The first kappa shape index (κ1) is 17.1. The van der Waals surface area contributed by atoms with Crippen molar-refractivity contribution in [3.63, 3.8) is 0 Å². The first-order chi connectivity index (χ1) is 10.9. The molecule has 7 nitrogen and oxygen atoms in total. The summed E-state index contributed by atoms with van der Waals surface area (Å²) in [6.45, 7) is 0. The van der Waals surface area contributed by atoms with Crippen LogP contribution in [0.25, 0.3) is 0 Å². The molecule has 0 N–H and O–H groups in total. The first-order valence-corrected chi connectivity index (χ1v) is 7.60. The van der Waals surface area contributed by atoms with E-state index in [0.717, 1.165) is 12.0 Å². The van der Waals surface area contributed by atoms with Crippen LogP contribution < -0.4 is 0 Å². The molecule has 2 atom stereocenters. The molecule has 1 heterocycles. The summed E-state index contributed by atoms with van der Waals surface area (Å²) >= 11 is 3.09. The maximum Gasteiger partial charge on any atom is 0.329 e. The molecule has 0 saturated carbocycles. The third-order valence-electron chi connectivity index (χ3n) is 3.50. The Balaban J connectivity index is 2.34.